The van der Waals surface area contributed by atoms with Gasteiger partial charge in [-0.1, -0.05) is 0 Å². The zero-order chi connectivity index (χ0) is 8.43. The highest BCUT2D eigenvalue weighted by atomic mass is 16.4. The Morgan fingerprint density at radius 1 is 1.64 bits per heavy atom. The predicted octanol–water partition coefficient (Wildman–Crippen LogP) is -1.66. The van der Waals surface area contributed by atoms with Gasteiger partial charge in [0.25, 0.3) is 0 Å². The lowest BCUT2D eigenvalue weighted by Crippen LogP contribution is -2.62. The maximum Gasteiger partial charge on any atom is 0.323 e. The Hall–Kier alpha value is -0.650. The molecule has 0 aromatic rings. The summed E-state index contributed by atoms with van der Waals surface area (Å²) in [6, 6.07) is -0.841. The number of rotatable bonds is 1. The second-order valence-corrected chi connectivity index (χ2v) is 2.68. The number of nitrogens with one attached hydrogen (secondary N) is 2. The van der Waals surface area contributed by atoms with E-state index < -0.39 is 18.1 Å². The van der Waals surface area contributed by atoms with Gasteiger partial charge in [-0.25, -0.2) is 0 Å². The molecule has 1 heterocycles. The minimum atomic E-state index is -1.01. The molecule has 4 N–H and O–H groups in total. The van der Waals surface area contributed by atoms with Gasteiger partial charge in [0.05, 0.1) is 12.3 Å². The first kappa shape index (κ1) is 8.45. The smallest absolute Gasteiger partial charge is 0.323 e. The molecule has 5 heteroatoms. The second kappa shape index (κ2) is 3.17. The van der Waals surface area contributed by atoms with Crippen molar-refractivity contribution in [3.8, 4) is 0 Å². The van der Waals surface area contributed by atoms with Gasteiger partial charge in [-0.05, 0) is 6.92 Å². The van der Waals surface area contributed by atoms with E-state index in [2.05, 4.69) is 10.6 Å². The van der Waals surface area contributed by atoms with Crippen molar-refractivity contribution in [2.24, 2.45) is 0 Å². The summed E-state index contributed by atoms with van der Waals surface area (Å²) >= 11 is 0. The first-order chi connectivity index (χ1) is 5.11. The standard InChI is InChI=1S/C6H12N2O3/c1-3-7-2-4(9)5(8-3)6(10)11/h3-5,7-9H,2H2,1H3,(H,10,11)/t3?,4-,5-/m1/s1. The first-order valence-electron chi connectivity index (χ1n) is 3.51. The van der Waals surface area contributed by atoms with E-state index in [9.17, 15) is 4.79 Å². The maximum atomic E-state index is 10.5. The maximum absolute atomic E-state index is 10.5. The molecule has 0 spiro atoms. The summed E-state index contributed by atoms with van der Waals surface area (Å²) in [7, 11) is 0. The van der Waals surface area contributed by atoms with Crippen LogP contribution in [0.4, 0.5) is 0 Å². The highest BCUT2D eigenvalue weighted by Crippen LogP contribution is 1.99. The molecule has 1 aliphatic rings. The zero-order valence-electron chi connectivity index (χ0n) is 6.24. The lowest BCUT2D eigenvalue weighted by Gasteiger charge is -2.31. The Balaban J connectivity index is 2.54. The van der Waals surface area contributed by atoms with Crippen molar-refractivity contribution in [2.45, 2.75) is 25.2 Å². The molecule has 1 aliphatic heterocycles. The Bertz CT molecular complexity index is 162. The van der Waals surface area contributed by atoms with E-state index in [-0.39, 0.29) is 6.17 Å². The molecule has 0 aromatic heterocycles. The molecular formula is C6H12N2O3. The van der Waals surface area contributed by atoms with Crippen LogP contribution in [0, 0.1) is 0 Å². The van der Waals surface area contributed by atoms with Gasteiger partial charge in [-0.15, -0.1) is 0 Å². The van der Waals surface area contributed by atoms with Crippen LogP contribution >= 0.6 is 0 Å². The molecule has 0 saturated carbocycles. The molecule has 0 radical (unpaired) electrons. The number of carboxylic acid groups (broad SMARTS) is 1. The molecule has 1 fully saturated rings. The van der Waals surface area contributed by atoms with E-state index >= 15 is 0 Å². The Morgan fingerprint density at radius 3 is 2.73 bits per heavy atom. The van der Waals surface area contributed by atoms with Crippen LogP contribution in [-0.2, 0) is 4.79 Å². The van der Waals surface area contributed by atoms with Crippen molar-refractivity contribution in [3.05, 3.63) is 0 Å². The fourth-order valence-electron chi connectivity index (χ4n) is 1.09. The summed E-state index contributed by atoms with van der Waals surface area (Å²) in [5.41, 5.74) is 0. The number of β-amino-alcohol motifs (C(OH)–C–C–N with tert-alkyl or cyclic N) is 1. The van der Waals surface area contributed by atoms with Crippen molar-refractivity contribution in [1.29, 1.82) is 0 Å². The minimum Gasteiger partial charge on any atom is -0.480 e. The monoisotopic (exact) mass is 160 g/mol. The molecule has 11 heavy (non-hydrogen) atoms. The molecule has 0 bridgehead atoms. The van der Waals surface area contributed by atoms with Crippen molar-refractivity contribution in [2.75, 3.05) is 6.54 Å². The fraction of sp³-hybridized carbons (Fsp3) is 0.833. The molecule has 0 aromatic carbocycles. The molecule has 5 nitrogen and oxygen atoms in total. The number of aliphatic hydroxyl groups excluding tert-OH is 1. The van der Waals surface area contributed by atoms with Crippen molar-refractivity contribution in [1.82, 2.24) is 10.6 Å². The third-order valence-corrected chi connectivity index (χ3v) is 1.71. The van der Waals surface area contributed by atoms with Crippen LogP contribution in [-0.4, -0.2) is 41.0 Å². The topological polar surface area (TPSA) is 81.6 Å². The van der Waals surface area contributed by atoms with Crippen molar-refractivity contribution >= 4 is 5.97 Å². The molecule has 0 aliphatic carbocycles. The van der Waals surface area contributed by atoms with Gasteiger partial charge in [-0.3, -0.25) is 15.4 Å². The van der Waals surface area contributed by atoms with Gasteiger partial charge in [0.1, 0.15) is 6.04 Å². The largest absolute Gasteiger partial charge is 0.480 e. The molecule has 3 atom stereocenters. The number of hydrogen-bond acceptors (Lipinski definition) is 4. The summed E-state index contributed by atoms with van der Waals surface area (Å²) < 4.78 is 0. The van der Waals surface area contributed by atoms with Crippen LogP contribution in [0.2, 0.25) is 0 Å². The van der Waals surface area contributed by atoms with Gasteiger partial charge < -0.3 is 10.2 Å². The third-order valence-electron chi connectivity index (χ3n) is 1.71. The van der Waals surface area contributed by atoms with Crippen LogP contribution < -0.4 is 10.6 Å². The van der Waals surface area contributed by atoms with E-state index in [0.29, 0.717) is 6.54 Å². The average molecular weight is 160 g/mol. The molecule has 1 saturated heterocycles. The predicted molar refractivity (Wildman–Crippen MR) is 38.0 cm³/mol. The number of hydrogen-bond donors (Lipinski definition) is 4. The van der Waals surface area contributed by atoms with Crippen LogP contribution in [0.5, 0.6) is 0 Å². The van der Waals surface area contributed by atoms with Gasteiger partial charge in [0.2, 0.25) is 0 Å². The van der Waals surface area contributed by atoms with Gasteiger partial charge in [0, 0.05) is 6.54 Å². The quantitative estimate of drug-likeness (QED) is 0.369. The van der Waals surface area contributed by atoms with Gasteiger partial charge >= 0.3 is 5.97 Å². The molecule has 1 unspecified atom stereocenters. The normalized spacial score (nSPS) is 38.5. The zero-order valence-corrected chi connectivity index (χ0v) is 6.24. The summed E-state index contributed by atoms with van der Waals surface area (Å²) in [4.78, 5) is 10.5. The number of carbonyl (C=O) groups is 1. The fourth-order valence-corrected chi connectivity index (χ4v) is 1.09. The third kappa shape index (κ3) is 1.89. The molecular weight excluding hydrogens is 148 g/mol. The van der Waals surface area contributed by atoms with E-state index in [1.807, 2.05) is 6.92 Å². The van der Waals surface area contributed by atoms with Crippen molar-refractivity contribution in [3.63, 3.8) is 0 Å². The minimum absolute atomic E-state index is 0.0560. The van der Waals surface area contributed by atoms with Crippen LogP contribution in [0.1, 0.15) is 6.92 Å². The van der Waals surface area contributed by atoms with E-state index in [0.717, 1.165) is 0 Å². The summed E-state index contributed by atoms with van der Waals surface area (Å²) in [6.07, 6.45) is -0.900. The summed E-state index contributed by atoms with van der Waals surface area (Å²) in [5, 5.41) is 23.3. The number of aliphatic hydroxyl groups is 1. The lowest BCUT2D eigenvalue weighted by atomic mass is 10.1. The van der Waals surface area contributed by atoms with E-state index in [4.69, 9.17) is 10.2 Å². The average Bonchev–Trinajstić information content (AvgIpc) is 1.94. The second-order valence-electron chi connectivity index (χ2n) is 2.68. The van der Waals surface area contributed by atoms with Gasteiger partial charge in [-0.2, -0.15) is 0 Å². The van der Waals surface area contributed by atoms with E-state index in [1.165, 1.54) is 0 Å². The van der Waals surface area contributed by atoms with E-state index in [1.54, 1.807) is 0 Å². The van der Waals surface area contributed by atoms with Crippen LogP contribution in [0.3, 0.4) is 0 Å². The van der Waals surface area contributed by atoms with Gasteiger partial charge in [0.15, 0.2) is 0 Å². The van der Waals surface area contributed by atoms with Crippen LogP contribution in [0.25, 0.3) is 0 Å². The molecule has 0 amide bonds. The summed E-state index contributed by atoms with van der Waals surface area (Å²) in [5.74, 6) is -1.01. The lowest BCUT2D eigenvalue weighted by molar-refractivity contribution is -0.143. The Labute approximate surface area is 64.4 Å². The number of carboxylic acids is 1. The summed E-state index contributed by atoms with van der Waals surface area (Å²) in [6.45, 7) is 2.13. The molecule has 64 valence electrons. The highest BCUT2D eigenvalue weighted by Gasteiger charge is 2.31. The van der Waals surface area contributed by atoms with Crippen molar-refractivity contribution < 1.29 is 15.0 Å². The molecule has 1 rings (SSSR count). The first-order valence-corrected chi connectivity index (χ1v) is 3.51. The SMILES string of the molecule is CC1NC[C@@H](O)[C@H](C(=O)O)N1. The Kier molecular flexibility index (Phi) is 2.43. The number of aliphatic carboxylic acids is 1. The highest BCUT2D eigenvalue weighted by molar-refractivity contribution is 5.74. The van der Waals surface area contributed by atoms with Crippen LogP contribution in [0.15, 0.2) is 0 Å². The Morgan fingerprint density at radius 2 is 2.27 bits per heavy atom.